The number of rotatable bonds is 6. The van der Waals surface area contributed by atoms with Crippen molar-refractivity contribution in [1.82, 2.24) is 5.32 Å². The van der Waals surface area contributed by atoms with Gasteiger partial charge in [0.05, 0.1) is 13.7 Å². The minimum atomic E-state index is -0.333. The second-order valence-corrected chi connectivity index (χ2v) is 3.56. The minimum Gasteiger partial charge on any atom is -0.494 e. The lowest BCUT2D eigenvalue weighted by Gasteiger charge is -2.14. The van der Waals surface area contributed by atoms with Crippen LogP contribution in [0, 0.1) is 5.82 Å². The largest absolute Gasteiger partial charge is 0.494 e. The number of methoxy groups -OCH3 is 2. The molecule has 0 saturated heterocycles. The predicted molar refractivity (Wildman–Crippen MR) is 61.2 cm³/mol. The minimum absolute atomic E-state index is 0.0931. The van der Waals surface area contributed by atoms with Gasteiger partial charge in [-0.2, -0.15) is 0 Å². The van der Waals surface area contributed by atoms with Gasteiger partial charge in [-0.05, 0) is 24.6 Å². The van der Waals surface area contributed by atoms with Gasteiger partial charge >= 0.3 is 0 Å². The molecular formula is C12H18FNO2. The van der Waals surface area contributed by atoms with Gasteiger partial charge in [-0.1, -0.05) is 6.07 Å². The highest BCUT2D eigenvalue weighted by Crippen LogP contribution is 2.21. The molecule has 0 saturated carbocycles. The van der Waals surface area contributed by atoms with Gasteiger partial charge in [-0.15, -0.1) is 0 Å². The van der Waals surface area contributed by atoms with Gasteiger partial charge in [0.1, 0.15) is 0 Å². The fourth-order valence-electron chi connectivity index (χ4n) is 1.45. The van der Waals surface area contributed by atoms with Crippen LogP contribution in [0.5, 0.6) is 5.75 Å². The van der Waals surface area contributed by atoms with E-state index in [4.69, 9.17) is 9.47 Å². The Bertz CT molecular complexity index is 331. The summed E-state index contributed by atoms with van der Waals surface area (Å²) in [4.78, 5) is 0. The number of halogens is 1. The molecule has 0 amide bonds. The lowest BCUT2D eigenvalue weighted by molar-refractivity contribution is 0.196. The van der Waals surface area contributed by atoms with Gasteiger partial charge in [0.25, 0.3) is 0 Å². The second kappa shape index (κ2) is 6.45. The number of benzene rings is 1. The molecule has 0 bridgehead atoms. The first-order valence-corrected chi connectivity index (χ1v) is 5.24. The van der Waals surface area contributed by atoms with E-state index in [1.807, 2.05) is 13.0 Å². The normalized spacial score (nSPS) is 12.5. The van der Waals surface area contributed by atoms with Crippen molar-refractivity contribution in [1.29, 1.82) is 0 Å². The zero-order valence-electron chi connectivity index (χ0n) is 9.92. The summed E-state index contributed by atoms with van der Waals surface area (Å²) < 4.78 is 23.2. The van der Waals surface area contributed by atoms with Crippen LogP contribution in [0.3, 0.4) is 0 Å². The molecule has 16 heavy (non-hydrogen) atoms. The molecular weight excluding hydrogens is 209 g/mol. The third kappa shape index (κ3) is 3.47. The maximum Gasteiger partial charge on any atom is 0.165 e. The van der Waals surface area contributed by atoms with Crippen molar-refractivity contribution >= 4 is 0 Å². The van der Waals surface area contributed by atoms with E-state index in [1.54, 1.807) is 13.2 Å². The molecule has 0 heterocycles. The van der Waals surface area contributed by atoms with Gasteiger partial charge in [0, 0.05) is 19.7 Å². The Morgan fingerprint density at radius 3 is 2.69 bits per heavy atom. The van der Waals surface area contributed by atoms with Crippen molar-refractivity contribution in [3.63, 3.8) is 0 Å². The molecule has 1 rings (SSSR count). The molecule has 4 heteroatoms. The predicted octanol–water partition coefficient (Wildman–Crippen LogP) is 2.13. The highest BCUT2D eigenvalue weighted by molar-refractivity contribution is 5.30. The Labute approximate surface area is 95.6 Å². The molecule has 0 radical (unpaired) electrons. The molecule has 90 valence electrons. The van der Waals surface area contributed by atoms with Crippen LogP contribution < -0.4 is 10.1 Å². The molecule has 0 aliphatic heterocycles. The summed E-state index contributed by atoms with van der Waals surface area (Å²) in [6, 6.07) is 5.07. The Morgan fingerprint density at radius 1 is 1.38 bits per heavy atom. The average molecular weight is 227 g/mol. The molecule has 0 unspecified atom stereocenters. The molecule has 1 aromatic carbocycles. The van der Waals surface area contributed by atoms with E-state index >= 15 is 0 Å². The summed E-state index contributed by atoms with van der Waals surface area (Å²) in [5.74, 6) is -0.0618. The van der Waals surface area contributed by atoms with Crippen LogP contribution in [-0.4, -0.2) is 27.4 Å². The van der Waals surface area contributed by atoms with Gasteiger partial charge in [-0.3, -0.25) is 0 Å². The van der Waals surface area contributed by atoms with Crippen molar-refractivity contribution in [3.05, 3.63) is 29.6 Å². The van der Waals surface area contributed by atoms with E-state index in [1.165, 1.54) is 13.2 Å². The van der Waals surface area contributed by atoms with Crippen LogP contribution in [0.1, 0.15) is 18.5 Å². The Kier molecular flexibility index (Phi) is 5.22. The summed E-state index contributed by atoms with van der Waals surface area (Å²) in [5.41, 5.74) is 0.898. The maximum atomic E-state index is 13.4. The first-order chi connectivity index (χ1) is 7.69. The highest BCUT2D eigenvalue weighted by Gasteiger charge is 2.08. The number of ether oxygens (including phenoxy) is 2. The number of nitrogens with one attached hydrogen (secondary N) is 1. The van der Waals surface area contributed by atoms with Crippen molar-refractivity contribution in [2.45, 2.75) is 13.0 Å². The highest BCUT2D eigenvalue weighted by atomic mass is 19.1. The summed E-state index contributed by atoms with van der Waals surface area (Å²) in [6.45, 7) is 3.37. The van der Waals surface area contributed by atoms with Crippen LogP contribution >= 0.6 is 0 Å². The fraction of sp³-hybridized carbons (Fsp3) is 0.500. The first-order valence-electron chi connectivity index (χ1n) is 5.24. The summed E-state index contributed by atoms with van der Waals surface area (Å²) in [6.07, 6.45) is 0. The molecule has 3 nitrogen and oxygen atoms in total. The summed E-state index contributed by atoms with van der Waals surface area (Å²) >= 11 is 0. The zero-order valence-corrected chi connectivity index (χ0v) is 9.92. The molecule has 0 spiro atoms. The molecule has 1 atom stereocenters. The molecule has 0 aliphatic rings. The fourth-order valence-corrected chi connectivity index (χ4v) is 1.45. The van der Waals surface area contributed by atoms with Gasteiger partial charge in [-0.25, -0.2) is 4.39 Å². The third-order valence-electron chi connectivity index (χ3n) is 2.43. The third-order valence-corrected chi connectivity index (χ3v) is 2.43. The molecule has 1 aromatic rings. The van der Waals surface area contributed by atoms with Gasteiger partial charge in [0.2, 0.25) is 0 Å². The van der Waals surface area contributed by atoms with Crippen molar-refractivity contribution in [2.24, 2.45) is 0 Å². The van der Waals surface area contributed by atoms with E-state index in [0.717, 1.165) is 12.1 Å². The van der Waals surface area contributed by atoms with Crippen LogP contribution in [0.15, 0.2) is 18.2 Å². The van der Waals surface area contributed by atoms with Crippen molar-refractivity contribution in [3.8, 4) is 5.75 Å². The Balaban J connectivity index is 2.62. The van der Waals surface area contributed by atoms with Gasteiger partial charge < -0.3 is 14.8 Å². The Hall–Kier alpha value is -1.13. The number of hydrogen-bond donors (Lipinski definition) is 1. The lowest BCUT2D eigenvalue weighted by atomic mass is 10.1. The lowest BCUT2D eigenvalue weighted by Crippen LogP contribution is -2.22. The zero-order chi connectivity index (χ0) is 12.0. The van der Waals surface area contributed by atoms with Crippen LogP contribution in [0.2, 0.25) is 0 Å². The van der Waals surface area contributed by atoms with Crippen LogP contribution in [0.4, 0.5) is 4.39 Å². The summed E-state index contributed by atoms with van der Waals surface area (Å²) in [5, 5.41) is 3.23. The van der Waals surface area contributed by atoms with E-state index in [2.05, 4.69) is 5.32 Å². The monoisotopic (exact) mass is 227 g/mol. The van der Waals surface area contributed by atoms with Gasteiger partial charge in [0.15, 0.2) is 11.6 Å². The van der Waals surface area contributed by atoms with E-state index in [-0.39, 0.29) is 17.6 Å². The molecule has 0 aromatic heterocycles. The maximum absolute atomic E-state index is 13.4. The molecule has 0 fully saturated rings. The smallest absolute Gasteiger partial charge is 0.165 e. The number of hydrogen-bond acceptors (Lipinski definition) is 3. The molecule has 0 aliphatic carbocycles. The van der Waals surface area contributed by atoms with E-state index in [9.17, 15) is 4.39 Å². The van der Waals surface area contributed by atoms with Crippen LogP contribution in [-0.2, 0) is 4.74 Å². The average Bonchev–Trinajstić information content (AvgIpc) is 2.29. The SMILES string of the molecule is COCCN[C@H](C)c1ccc(OC)c(F)c1. The standard InChI is InChI=1S/C12H18FNO2/c1-9(14-6-7-15-2)10-4-5-12(16-3)11(13)8-10/h4-5,8-9,14H,6-7H2,1-3H3/t9-/m1/s1. The van der Waals surface area contributed by atoms with E-state index in [0.29, 0.717) is 6.61 Å². The van der Waals surface area contributed by atoms with E-state index < -0.39 is 0 Å². The first kappa shape index (κ1) is 12.9. The van der Waals surface area contributed by atoms with Crippen molar-refractivity contribution < 1.29 is 13.9 Å². The quantitative estimate of drug-likeness (QED) is 0.755. The van der Waals surface area contributed by atoms with Crippen molar-refractivity contribution in [2.75, 3.05) is 27.4 Å². The topological polar surface area (TPSA) is 30.5 Å². The van der Waals surface area contributed by atoms with Crippen LogP contribution in [0.25, 0.3) is 0 Å². The summed E-state index contributed by atoms with van der Waals surface area (Å²) in [7, 11) is 3.11. The second-order valence-electron chi connectivity index (χ2n) is 3.56. The molecule has 1 N–H and O–H groups in total. The Morgan fingerprint density at radius 2 is 2.12 bits per heavy atom.